The molecule has 0 radical (unpaired) electrons. The zero-order valence-corrected chi connectivity index (χ0v) is 13.4. The number of carboxylic acids is 1. The Balaban J connectivity index is 0.00000208. The molecule has 2 heterocycles. The number of hydrogen-bond donors (Lipinski definition) is 2. The number of carbonyl (C=O) groups is 2. The molecule has 8 heteroatoms. The van der Waals surface area contributed by atoms with Crippen molar-refractivity contribution < 1.29 is 19.8 Å². The molecule has 0 bridgehead atoms. The van der Waals surface area contributed by atoms with Crippen molar-refractivity contribution in [2.75, 3.05) is 0 Å². The molecule has 4 atom stereocenters. The summed E-state index contributed by atoms with van der Waals surface area (Å²) in [5, 5.41) is 28.5. The molecule has 2 aliphatic heterocycles. The van der Waals surface area contributed by atoms with Crippen LogP contribution in [0.4, 0.5) is 0 Å². The molecule has 2 fully saturated rings. The molecule has 2 saturated heterocycles. The van der Waals surface area contributed by atoms with Crippen LogP contribution in [0.1, 0.15) is 35.9 Å². The molecule has 0 aliphatic carbocycles. The van der Waals surface area contributed by atoms with Gasteiger partial charge in [0.2, 0.25) is 5.91 Å². The first kappa shape index (κ1) is 19.3. The zero-order valence-electron chi connectivity index (χ0n) is 12.6. The van der Waals surface area contributed by atoms with Crippen molar-refractivity contribution in [2.45, 2.75) is 36.1 Å². The quantitative estimate of drug-likeness (QED) is 0.618. The predicted octanol–water partition coefficient (Wildman–Crippen LogP) is 0.972. The van der Waals surface area contributed by atoms with Gasteiger partial charge in [-0.05, 0) is 31.5 Å². The van der Waals surface area contributed by atoms with E-state index in [0.717, 1.165) is 0 Å². The third-order valence-corrected chi connectivity index (χ3v) is 6.04. The van der Waals surface area contributed by atoms with Gasteiger partial charge in [0.15, 0.2) is 0 Å². The predicted molar refractivity (Wildman–Crippen MR) is 90.7 cm³/mol. The number of aliphatic hydroxyl groups excluding tert-OH is 1. The number of β-lactam (4-membered cyclic amide) rings is 1. The Morgan fingerprint density at radius 3 is 2.46 bits per heavy atom. The van der Waals surface area contributed by atoms with E-state index in [1.807, 2.05) is 13.8 Å². The van der Waals surface area contributed by atoms with Crippen molar-refractivity contribution in [1.82, 2.24) is 4.90 Å². The fraction of sp³-hybridized carbons (Fsp3) is 0.438. The summed E-state index contributed by atoms with van der Waals surface area (Å²) < 4.78 is -0.378. The summed E-state index contributed by atoms with van der Waals surface area (Å²) in [6.45, 7) is 3.84. The van der Waals surface area contributed by atoms with Crippen molar-refractivity contribution in [3.63, 3.8) is 0 Å². The topological polar surface area (TPSA) is 102 Å². The van der Waals surface area contributed by atoms with Crippen molar-refractivity contribution >= 4 is 53.2 Å². The Bertz CT molecular complexity index is 716. The fourth-order valence-corrected chi connectivity index (χ4v) is 4.83. The molecular weight excluding hydrogens is 339 g/mol. The Labute approximate surface area is 166 Å². The Hall–Kier alpha value is -1.04. The molecule has 6 nitrogen and oxygen atoms in total. The van der Waals surface area contributed by atoms with Crippen LogP contribution in [0.3, 0.4) is 0 Å². The normalized spacial score (nSPS) is 28.2. The van der Waals surface area contributed by atoms with Crippen molar-refractivity contribution in [1.29, 1.82) is 5.26 Å². The van der Waals surface area contributed by atoms with E-state index in [9.17, 15) is 20.0 Å². The van der Waals surface area contributed by atoms with E-state index in [0.29, 0.717) is 5.56 Å². The van der Waals surface area contributed by atoms with E-state index in [1.54, 1.807) is 4.90 Å². The van der Waals surface area contributed by atoms with Crippen LogP contribution in [0, 0.1) is 17.2 Å². The number of thioether (sulfide) groups is 1. The third kappa shape index (κ3) is 2.87. The number of fused-ring (bicyclic) bond motifs is 1. The van der Waals surface area contributed by atoms with Crippen LogP contribution < -0.4 is 0 Å². The second-order valence-electron chi connectivity index (χ2n) is 6.29. The van der Waals surface area contributed by atoms with E-state index >= 15 is 0 Å². The van der Waals surface area contributed by atoms with E-state index in [-0.39, 0.29) is 51.1 Å². The minimum absolute atomic E-state index is 0. The summed E-state index contributed by atoms with van der Waals surface area (Å²) in [6.07, 6.45) is -1.01. The third-order valence-electron chi connectivity index (χ3n) is 4.44. The Morgan fingerprint density at radius 2 is 1.96 bits per heavy atom. The molecule has 0 saturated carbocycles. The number of rotatable bonds is 3. The van der Waals surface area contributed by atoms with Gasteiger partial charge in [0, 0.05) is 4.75 Å². The number of aromatic carboxylic acids is 1. The van der Waals surface area contributed by atoms with Gasteiger partial charge in [-0.25, -0.2) is 4.79 Å². The van der Waals surface area contributed by atoms with E-state index in [4.69, 9.17) is 5.11 Å². The minimum atomic E-state index is -1.04. The first-order chi connectivity index (χ1) is 10.8. The number of nitrogens with zero attached hydrogens (tertiary/aromatic N) is 2. The molecular formula is C16H17N2NaO4S. The molecule has 24 heavy (non-hydrogen) atoms. The van der Waals surface area contributed by atoms with Crippen LogP contribution in [0.15, 0.2) is 24.3 Å². The first-order valence-corrected chi connectivity index (χ1v) is 8.07. The van der Waals surface area contributed by atoms with Gasteiger partial charge in [-0.2, -0.15) is 5.26 Å². The van der Waals surface area contributed by atoms with Gasteiger partial charge in [-0.1, -0.05) is 12.1 Å². The average molecular weight is 356 g/mol. The SMILES string of the molecule is CC1(C)S[C@@H]2[C@H](C(O)c3ccc(C(=O)O)cc3)C(=O)N2[C@H]1C#N.[NaH]. The van der Waals surface area contributed by atoms with Crippen LogP contribution >= 0.6 is 11.8 Å². The van der Waals surface area contributed by atoms with Crippen LogP contribution in [0.25, 0.3) is 0 Å². The van der Waals surface area contributed by atoms with E-state index in [1.165, 1.54) is 36.0 Å². The maximum atomic E-state index is 12.4. The van der Waals surface area contributed by atoms with Gasteiger partial charge < -0.3 is 15.1 Å². The number of carbonyl (C=O) groups excluding carboxylic acids is 1. The van der Waals surface area contributed by atoms with Gasteiger partial charge >= 0.3 is 35.5 Å². The molecule has 0 spiro atoms. The monoisotopic (exact) mass is 356 g/mol. The molecule has 3 rings (SSSR count). The van der Waals surface area contributed by atoms with E-state index in [2.05, 4.69) is 6.07 Å². The standard InChI is InChI=1S/C16H16N2O4S.Na.H/c1-16(2)10(7-17)18-13(20)11(14(18)23-16)12(19)8-3-5-9(6-4-8)15(21)22;;/h3-6,10-12,14,19H,1-2H3,(H,21,22);;/t10-,11+,12?,14+;;/m0../s1. The van der Waals surface area contributed by atoms with Crippen molar-refractivity contribution in [3.8, 4) is 6.07 Å². The number of aliphatic hydroxyl groups is 1. The maximum absolute atomic E-state index is 12.4. The second-order valence-corrected chi connectivity index (χ2v) is 8.06. The van der Waals surface area contributed by atoms with Gasteiger partial charge in [0.25, 0.3) is 0 Å². The molecule has 1 aromatic carbocycles. The number of amides is 1. The molecule has 2 N–H and O–H groups in total. The summed E-state index contributed by atoms with van der Waals surface area (Å²) in [4.78, 5) is 24.8. The molecule has 1 aromatic rings. The van der Waals surface area contributed by atoms with Crippen LogP contribution in [0.5, 0.6) is 0 Å². The van der Waals surface area contributed by atoms with Crippen LogP contribution in [-0.4, -0.2) is 72.7 Å². The van der Waals surface area contributed by atoms with Crippen molar-refractivity contribution in [3.05, 3.63) is 35.4 Å². The summed E-state index contributed by atoms with van der Waals surface area (Å²) in [5.41, 5.74) is 0.634. The van der Waals surface area contributed by atoms with Gasteiger partial charge in [0.05, 0.1) is 29.0 Å². The van der Waals surface area contributed by atoms with Gasteiger partial charge in [0.1, 0.15) is 6.04 Å². The molecule has 0 aromatic heterocycles. The summed E-state index contributed by atoms with van der Waals surface area (Å²) >= 11 is 1.52. The van der Waals surface area contributed by atoms with E-state index < -0.39 is 24.0 Å². The molecule has 1 unspecified atom stereocenters. The number of hydrogen-bond acceptors (Lipinski definition) is 5. The number of benzene rings is 1. The number of carboxylic acid groups (broad SMARTS) is 1. The summed E-state index contributed by atoms with van der Waals surface area (Å²) in [7, 11) is 0. The summed E-state index contributed by atoms with van der Waals surface area (Å²) in [5.74, 6) is -1.87. The van der Waals surface area contributed by atoms with Crippen LogP contribution in [0.2, 0.25) is 0 Å². The summed E-state index contributed by atoms with van der Waals surface area (Å²) in [6, 6.07) is 7.54. The number of nitriles is 1. The molecule has 2 aliphatic rings. The fourth-order valence-electron chi connectivity index (χ4n) is 3.16. The van der Waals surface area contributed by atoms with Crippen molar-refractivity contribution in [2.24, 2.45) is 5.92 Å². The average Bonchev–Trinajstić information content (AvgIpc) is 2.74. The van der Waals surface area contributed by atoms with Gasteiger partial charge in [-0.15, -0.1) is 11.8 Å². The molecule has 122 valence electrons. The molecule has 1 amide bonds. The second kappa shape index (κ2) is 6.70. The zero-order chi connectivity index (χ0) is 16.9. The Kier molecular flexibility index (Phi) is 5.38. The first-order valence-electron chi connectivity index (χ1n) is 7.19. The Morgan fingerprint density at radius 1 is 1.38 bits per heavy atom. The van der Waals surface area contributed by atoms with Crippen LogP contribution in [-0.2, 0) is 4.79 Å². The van der Waals surface area contributed by atoms with Gasteiger partial charge in [-0.3, -0.25) is 4.79 Å².